The Bertz CT molecular complexity index is 772. The quantitative estimate of drug-likeness (QED) is 0.493. The van der Waals surface area contributed by atoms with Crippen molar-refractivity contribution >= 4 is 0 Å². The second-order valence-corrected chi connectivity index (χ2v) is 13.0. The summed E-state index contributed by atoms with van der Waals surface area (Å²) >= 11 is 0. The predicted molar refractivity (Wildman–Crippen MR) is 127 cm³/mol. The molecule has 2 N–H and O–H groups in total. The zero-order valence-corrected chi connectivity index (χ0v) is 20.7. The van der Waals surface area contributed by atoms with E-state index in [0.29, 0.717) is 23.7 Å². The fourth-order valence-electron chi connectivity index (χ4n) is 9.58. The lowest BCUT2D eigenvalue weighted by molar-refractivity contribution is -0.140. The van der Waals surface area contributed by atoms with Crippen LogP contribution in [0, 0.1) is 45.8 Å². The molecule has 31 heavy (non-hydrogen) atoms. The second kappa shape index (κ2) is 7.45. The Morgan fingerprint density at radius 1 is 1.06 bits per heavy atom. The third kappa shape index (κ3) is 3.10. The summed E-state index contributed by atoms with van der Waals surface area (Å²) in [6.45, 7) is 11.8. The smallest absolute Gasteiger partial charge is 0.0634 e. The van der Waals surface area contributed by atoms with Crippen LogP contribution in [-0.4, -0.2) is 22.4 Å². The van der Waals surface area contributed by atoms with E-state index in [0.717, 1.165) is 25.2 Å². The van der Waals surface area contributed by atoms with Crippen molar-refractivity contribution in [3.63, 3.8) is 0 Å². The van der Waals surface area contributed by atoms with Gasteiger partial charge in [-0.3, -0.25) is 0 Å². The molecular weight excluding hydrogens is 380 g/mol. The molecule has 9 atom stereocenters. The van der Waals surface area contributed by atoms with Crippen molar-refractivity contribution in [1.82, 2.24) is 0 Å². The molecule has 0 heterocycles. The number of hydrogen-bond acceptors (Lipinski definition) is 2. The Morgan fingerprint density at radius 2 is 1.81 bits per heavy atom. The highest BCUT2D eigenvalue weighted by molar-refractivity contribution is 5.37. The van der Waals surface area contributed by atoms with Crippen LogP contribution < -0.4 is 0 Å². The predicted octanol–water partition coefficient (Wildman–Crippen LogP) is 6.67. The maximum absolute atomic E-state index is 11.7. The van der Waals surface area contributed by atoms with Gasteiger partial charge >= 0.3 is 0 Å². The lowest BCUT2D eigenvalue weighted by Gasteiger charge is -2.61. The van der Waals surface area contributed by atoms with Crippen molar-refractivity contribution in [2.75, 3.05) is 0 Å². The summed E-state index contributed by atoms with van der Waals surface area (Å²) in [7, 11) is 0. The molecule has 174 valence electrons. The van der Waals surface area contributed by atoms with Crippen molar-refractivity contribution < 1.29 is 10.2 Å². The molecule has 5 aliphatic rings. The number of fused-ring (bicyclic) bond motifs is 6. The van der Waals surface area contributed by atoms with Crippen LogP contribution in [0.3, 0.4) is 0 Å². The highest BCUT2D eigenvalue weighted by atomic mass is 16.3. The minimum absolute atomic E-state index is 0.0821. The Hall–Kier alpha value is -0.600. The van der Waals surface area contributed by atoms with Crippen LogP contribution in [0.4, 0.5) is 0 Å². The zero-order valence-electron chi connectivity index (χ0n) is 20.7. The van der Waals surface area contributed by atoms with E-state index in [1.165, 1.54) is 50.5 Å². The Kier molecular flexibility index (Phi) is 5.34. The maximum atomic E-state index is 11.7. The van der Waals surface area contributed by atoms with Gasteiger partial charge in [-0.1, -0.05) is 44.1 Å². The molecule has 1 unspecified atom stereocenters. The molecule has 2 nitrogen and oxygen atoms in total. The molecule has 0 aromatic rings. The van der Waals surface area contributed by atoms with Crippen molar-refractivity contribution in [2.45, 2.75) is 111 Å². The van der Waals surface area contributed by atoms with E-state index in [-0.39, 0.29) is 28.5 Å². The van der Waals surface area contributed by atoms with E-state index in [1.807, 2.05) is 0 Å². The van der Waals surface area contributed by atoms with Gasteiger partial charge in [0.25, 0.3) is 0 Å². The van der Waals surface area contributed by atoms with Gasteiger partial charge in [-0.05, 0) is 118 Å². The van der Waals surface area contributed by atoms with Crippen LogP contribution >= 0.6 is 0 Å². The van der Waals surface area contributed by atoms with Crippen molar-refractivity contribution in [2.24, 2.45) is 45.8 Å². The largest absolute Gasteiger partial charge is 0.393 e. The number of aliphatic hydroxyl groups excluding tert-OH is 2. The Morgan fingerprint density at radius 3 is 2.48 bits per heavy atom. The SMILES string of the molecule is CC(C)=CCC[C@@H](C)[C@H]1CC[C@H]2[C@@H]3CC=C4C5(CC5)C(O)CC[C@]4(C)[C@H]3C[C@@H](O)[C@]12C. The summed E-state index contributed by atoms with van der Waals surface area (Å²) in [6.07, 6.45) is 16.3. The molecule has 0 aliphatic heterocycles. The number of allylic oxidation sites excluding steroid dienone is 3. The van der Waals surface area contributed by atoms with Gasteiger partial charge in [0.15, 0.2) is 0 Å². The topological polar surface area (TPSA) is 40.5 Å². The van der Waals surface area contributed by atoms with E-state index in [9.17, 15) is 10.2 Å². The summed E-state index contributed by atoms with van der Waals surface area (Å²) in [6, 6.07) is 0. The number of rotatable bonds is 4. The molecule has 0 bridgehead atoms. The average molecular weight is 427 g/mol. The van der Waals surface area contributed by atoms with Gasteiger partial charge in [0.2, 0.25) is 0 Å². The first-order valence-electron chi connectivity index (χ1n) is 13.3. The van der Waals surface area contributed by atoms with Gasteiger partial charge in [0, 0.05) is 5.41 Å². The molecule has 5 rings (SSSR count). The van der Waals surface area contributed by atoms with Crippen LogP contribution in [0.15, 0.2) is 23.3 Å². The molecule has 0 radical (unpaired) electrons. The third-order valence-corrected chi connectivity index (χ3v) is 11.4. The molecule has 5 aliphatic carbocycles. The fourth-order valence-corrected chi connectivity index (χ4v) is 9.58. The summed E-state index contributed by atoms with van der Waals surface area (Å²) in [4.78, 5) is 0. The molecule has 0 aromatic carbocycles. The third-order valence-electron chi connectivity index (χ3n) is 11.4. The number of hydrogen-bond donors (Lipinski definition) is 2. The number of aliphatic hydroxyl groups is 2. The van der Waals surface area contributed by atoms with Gasteiger partial charge in [0.1, 0.15) is 0 Å². The van der Waals surface area contributed by atoms with Crippen LogP contribution in [0.1, 0.15) is 98.8 Å². The molecule has 4 fully saturated rings. The van der Waals surface area contributed by atoms with Gasteiger partial charge < -0.3 is 10.2 Å². The lowest BCUT2D eigenvalue weighted by Crippen LogP contribution is -2.57. The van der Waals surface area contributed by atoms with Crippen LogP contribution in [0.25, 0.3) is 0 Å². The molecule has 0 saturated heterocycles. The van der Waals surface area contributed by atoms with Crippen molar-refractivity contribution in [3.8, 4) is 0 Å². The summed E-state index contributed by atoms with van der Waals surface area (Å²) < 4.78 is 0. The lowest BCUT2D eigenvalue weighted by atomic mass is 9.44. The standard InChI is InChI=1S/C29H46O2/c1-18(2)7-6-8-19(3)21-10-11-22-20-9-12-24-27(4,14-13-25(30)29(24)15-16-29)23(20)17-26(31)28(21,22)5/h7,12,19-23,25-26,30-31H,6,8-11,13-17H2,1-5H3/t19-,20+,21-,22+,23+,25?,26-,27-,28-/m1/s1. The first-order chi connectivity index (χ1) is 14.6. The van der Waals surface area contributed by atoms with Crippen LogP contribution in [0.2, 0.25) is 0 Å². The summed E-state index contributed by atoms with van der Waals surface area (Å²) in [5.41, 5.74) is 3.42. The fraction of sp³-hybridized carbons (Fsp3) is 0.862. The van der Waals surface area contributed by atoms with E-state index in [1.54, 1.807) is 5.57 Å². The van der Waals surface area contributed by atoms with Crippen LogP contribution in [-0.2, 0) is 0 Å². The van der Waals surface area contributed by atoms with Crippen LogP contribution in [0.5, 0.6) is 0 Å². The van der Waals surface area contributed by atoms with E-state index in [4.69, 9.17) is 0 Å². The Labute approximate surface area is 190 Å². The van der Waals surface area contributed by atoms with Crippen molar-refractivity contribution in [1.29, 1.82) is 0 Å². The summed E-state index contributed by atoms with van der Waals surface area (Å²) in [5, 5.41) is 22.5. The second-order valence-electron chi connectivity index (χ2n) is 13.0. The van der Waals surface area contributed by atoms with Crippen molar-refractivity contribution in [3.05, 3.63) is 23.3 Å². The Balaban J connectivity index is 1.41. The first-order valence-corrected chi connectivity index (χ1v) is 13.3. The van der Waals surface area contributed by atoms with Gasteiger partial charge in [-0.15, -0.1) is 0 Å². The molecular formula is C29H46O2. The minimum atomic E-state index is -0.171. The monoisotopic (exact) mass is 426 g/mol. The van der Waals surface area contributed by atoms with E-state index in [2.05, 4.69) is 46.8 Å². The van der Waals surface area contributed by atoms with E-state index < -0.39 is 0 Å². The normalized spacial score (nSPS) is 48.3. The van der Waals surface area contributed by atoms with Gasteiger partial charge in [-0.2, -0.15) is 0 Å². The average Bonchev–Trinajstić information content (AvgIpc) is 3.42. The zero-order chi connectivity index (χ0) is 22.2. The molecule has 0 amide bonds. The summed E-state index contributed by atoms with van der Waals surface area (Å²) in [5.74, 6) is 3.32. The molecule has 4 saturated carbocycles. The minimum Gasteiger partial charge on any atom is -0.393 e. The molecule has 1 spiro atoms. The van der Waals surface area contributed by atoms with E-state index >= 15 is 0 Å². The maximum Gasteiger partial charge on any atom is 0.0634 e. The molecule has 0 aromatic heterocycles. The highest BCUT2D eigenvalue weighted by Crippen LogP contribution is 2.72. The highest BCUT2D eigenvalue weighted by Gasteiger charge is 2.67. The van der Waals surface area contributed by atoms with Gasteiger partial charge in [0.05, 0.1) is 12.2 Å². The first kappa shape index (κ1) is 22.2. The molecule has 2 heteroatoms. The van der Waals surface area contributed by atoms with Gasteiger partial charge in [-0.25, -0.2) is 0 Å².